The van der Waals surface area contributed by atoms with Crippen LogP contribution in [0.25, 0.3) is 5.69 Å². The quantitative estimate of drug-likeness (QED) is 0.825. The lowest BCUT2D eigenvalue weighted by Crippen LogP contribution is -1.98. The molecule has 2 aliphatic rings. The Labute approximate surface area is 110 Å². The summed E-state index contributed by atoms with van der Waals surface area (Å²) in [5, 5.41) is 20.9. The Hall–Kier alpha value is -1.94. The molecule has 2 aromatic rings. The number of hydrogen-bond acceptors (Lipinski definition) is 3. The minimum Gasteiger partial charge on any atom is -0.494 e. The molecule has 4 rings (SSSR count). The predicted octanol–water partition coefficient (Wildman–Crippen LogP) is 3.10. The molecule has 0 radical (unpaired) electrons. The summed E-state index contributed by atoms with van der Waals surface area (Å²) in [5.41, 5.74) is 3.37. The number of aryl methyl sites for hydroxylation is 1. The molecule has 2 aliphatic heterocycles. The fourth-order valence-electron chi connectivity index (χ4n) is 3.32. The Morgan fingerprint density at radius 1 is 1.05 bits per heavy atom. The van der Waals surface area contributed by atoms with E-state index in [1.165, 1.54) is 4.57 Å². The highest BCUT2D eigenvalue weighted by Gasteiger charge is 2.45. The van der Waals surface area contributed by atoms with Gasteiger partial charge in [0.25, 0.3) is 0 Å². The molecule has 4 heteroatoms. The fourth-order valence-corrected chi connectivity index (χ4v) is 3.32. The summed E-state index contributed by atoms with van der Waals surface area (Å²) in [4.78, 5) is 0. The van der Waals surface area contributed by atoms with Crippen molar-refractivity contribution in [3.8, 4) is 17.4 Å². The summed E-state index contributed by atoms with van der Waals surface area (Å²) in [7, 11) is 0. The average Bonchev–Trinajstić information content (AvgIpc) is 3.06. The zero-order valence-corrected chi connectivity index (χ0v) is 10.6. The first-order valence-electron chi connectivity index (χ1n) is 6.56. The Balaban J connectivity index is 1.99. The molecule has 1 saturated heterocycles. The van der Waals surface area contributed by atoms with Gasteiger partial charge in [-0.05, 0) is 31.4 Å². The normalized spacial score (nSPS) is 23.8. The lowest BCUT2D eigenvalue weighted by molar-refractivity contribution is 0.0682. The number of nitrogens with zero attached hydrogens (tertiary/aromatic N) is 1. The molecular formula is C15H15NO3. The molecule has 2 atom stereocenters. The van der Waals surface area contributed by atoms with Crippen LogP contribution in [-0.4, -0.2) is 14.8 Å². The molecule has 98 valence electrons. The van der Waals surface area contributed by atoms with Crippen molar-refractivity contribution >= 4 is 0 Å². The second-order valence-electron chi connectivity index (χ2n) is 5.29. The molecule has 1 aromatic heterocycles. The van der Waals surface area contributed by atoms with E-state index >= 15 is 0 Å². The molecule has 2 unspecified atom stereocenters. The highest BCUT2D eigenvalue weighted by molar-refractivity contribution is 5.58. The third kappa shape index (κ3) is 1.27. The maximum atomic E-state index is 10.5. The SMILES string of the molecule is Cc1ccccc1-n1c(O)c2c(c1O)C1CCC2O1. The summed E-state index contributed by atoms with van der Waals surface area (Å²) in [6.07, 6.45) is 1.72. The van der Waals surface area contributed by atoms with Crippen molar-refractivity contribution in [2.45, 2.75) is 32.0 Å². The van der Waals surface area contributed by atoms with Gasteiger partial charge in [0.05, 0.1) is 29.0 Å². The van der Waals surface area contributed by atoms with Crippen LogP contribution in [0.1, 0.15) is 41.7 Å². The average molecular weight is 257 g/mol. The van der Waals surface area contributed by atoms with Crippen LogP contribution < -0.4 is 0 Å². The van der Waals surface area contributed by atoms with E-state index in [0.29, 0.717) is 0 Å². The van der Waals surface area contributed by atoms with Crippen LogP contribution in [0.5, 0.6) is 11.8 Å². The Bertz CT molecular complexity index is 641. The van der Waals surface area contributed by atoms with Gasteiger partial charge in [-0.25, -0.2) is 0 Å². The minimum atomic E-state index is -0.0591. The highest BCUT2D eigenvalue weighted by atomic mass is 16.5. The Kier molecular flexibility index (Phi) is 2.04. The lowest BCUT2D eigenvalue weighted by atomic mass is 9.95. The van der Waals surface area contributed by atoms with Gasteiger partial charge in [0, 0.05) is 0 Å². The smallest absolute Gasteiger partial charge is 0.205 e. The number of rotatable bonds is 1. The second-order valence-corrected chi connectivity index (χ2v) is 5.29. The molecule has 0 spiro atoms. The summed E-state index contributed by atoms with van der Waals surface area (Å²) in [6.45, 7) is 1.96. The number of para-hydroxylation sites is 1. The molecule has 19 heavy (non-hydrogen) atoms. The maximum absolute atomic E-state index is 10.5. The summed E-state index contributed by atoms with van der Waals surface area (Å²) in [5.74, 6) is 0.239. The third-order valence-corrected chi connectivity index (χ3v) is 4.22. The molecule has 0 saturated carbocycles. The van der Waals surface area contributed by atoms with Gasteiger partial charge in [0.15, 0.2) is 0 Å². The van der Waals surface area contributed by atoms with Gasteiger partial charge in [-0.2, -0.15) is 0 Å². The van der Waals surface area contributed by atoms with E-state index in [-0.39, 0.29) is 24.0 Å². The second kappa shape index (κ2) is 3.54. The van der Waals surface area contributed by atoms with Gasteiger partial charge in [0.1, 0.15) is 0 Å². The number of fused-ring (bicyclic) bond motifs is 5. The van der Waals surface area contributed by atoms with Gasteiger partial charge in [-0.3, -0.25) is 4.57 Å². The van der Waals surface area contributed by atoms with Crippen LogP contribution in [0, 0.1) is 6.92 Å². The molecule has 0 amide bonds. The standard InChI is InChI=1S/C15H15NO3/c1-8-4-2-3-5-9(8)16-14(17)12-10-6-7-11(19-10)13(12)15(16)18/h2-5,10-11,17-18H,6-7H2,1H3. The zero-order chi connectivity index (χ0) is 13.1. The van der Waals surface area contributed by atoms with Crippen molar-refractivity contribution in [1.82, 2.24) is 4.57 Å². The van der Waals surface area contributed by atoms with E-state index in [1.54, 1.807) is 0 Å². The Morgan fingerprint density at radius 3 is 2.21 bits per heavy atom. The van der Waals surface area contributed by atoms with E-state index in [2.05, 4.69) is 0 Å². The van der Waals surface area contributed by atoms with Crippen LogP contribution in [0.3, 0.4) is 0 Å². The number of aromatic nitrogens is 1. The molecule has 4 nitrogen and oxygen atoms in total. The zero-order valence-electron chi connectivity index (χ0n) is 10.6. The number of hydrogen-bond donors (Lipinski definition) is 2. The van der Waals surface area contributed by atoms with Gasteiger partial charge in [-0.1, -0.05) is 18.2 Å². The van der Waals surface area contributed by atoms with E-state index in [9.17, 15) is 10.2 Å². The Morgan fingerprint density at radius 2 is 1.63 bits per heavy atom. The van der Waals surface area contributed by atoms with E-state index in [0.717, 1.165) is 35.2 Å². The van der Waals surface area contributed by atoms with Crippen LogP contribution in [-0.2, 0) is 4.74 Å². The van der Waals surface area contributed by atoms with Gasteiger partial charge >= 0.3 is 0 Å². The van der Waals surface area contributed by atoms with Gasteiger partial charge < -0.3 is 14.9 Å². The summed E-state index contributed by atoms with van der Waals surface area (Å²) in [6, 6.07) is 7.70. The number of ether oxygens (including phenoxy) is 1. The molecule has 1 aromatic carbocycles. The van der Waals surface area contributed by atoms with Gasteiger partial charge in [0.2, 0.25) is 11.8 Å². The molecule has 0 aliphatic carbocycles. The van der Waals surface area contributed by atoms with E-state index < -0.39 is 0 Å². The number of benzene rings is 1. The largest absolute Gasteiger partial charge is 0.494 e. The fraction of sp³-hybridized carbons (Fsp3) is 0.333. The van der Waals surface area contributed by atoms with Crippen molar-refractivity contribution in [3.05, 3.63) is 41.0 Å². The first-order valence-corrected chi connectivity index (χ1v) is 6.56. The molecule has 1 fully saturated rings. The van der Waals surface area contributed by atoms with E-state index in [4.69, 9.17) is 4.74 Å². The van der Waals surface area contributed by atoms with Crippen molar-refractivity contribution in [3.63, 3.8) is 0 Å². The minimum absolute atomic E-state index is 0.0591. The third-order valence-electron chi connectivity index (χ3n) is 4.22. The van der Waals surface area contributed by atoms with Crippen LogP contribution in [0.4, 0.5) is 0 Å². The first-order chi connectivity index (χ1) is 9.18. The molecule has 3 heterocycles. The van der Waals surface area contributed by atoms with Gasteiger partial charge in [-0.15, -0.1) is 0 Å². The molecule has 2 N–H and O–H groups in total. The maximum Gasteiger partial charge on any atom is 0.205 e. The topological polar surface area (TPSA) is 54.6 Å². The lowest BCUT2D eigenvalue weighted by Gasteiger charge is -2.12. The van der Waals surface area contributed by atoms with E-state index in [1.807, 2.05) is 31.2 Å². The predicted molar refractivity (Wildman–Crippen MR) is 69.6 cm³/mol. The summed E-state index contributed by atoms with van der Waals surface area (Å²) >= 11 is 0. The van der Waals surface area contributed by atoms with Crippen LogP contribution in [0.15, 0.2) is 24.3 Å². The highest BCUT2D eigenvalue weighted by Crippen LogP contribution is 2.58. The van der Waals surface area contributed by atoms with Crippen molar-refractivity contribution < 1.29 is 14.9 Å². The van der Waals surface area contributed by atoms with Crippen molar-refractivity contribution in [2.75, 3.05) is 0 Å². The van der Waals surface area contributed by atoms with Crippen LogP contribution >= 0.6 is 0 Å². The molecule has 2 bridgehead atoms. The van der Waals surface area contributed by atoms with Crippen molar-refractivity contribution in [1.29, 1.82) is 0 Å². The molecular weight excluding hydrogens is 242 g/mol. The van der Waals surface area contributed by atoms with Crippen LogP contribution in [0.2, 0.25) is 0 Å². The monoisotopic (exact) mass is 257 g/mol. The number of aromatic hydroxyl groups is 2. The first kappa shape index (κ1) is 10.9. The van der Waals surface area contributed by atoms with Crippen molar-refractivity contribution in [2.24, 2.45) is 0 Å². The summed E-state index contributed by atoms with van der Waals surface area (Å²) < 4.78 is 7.27.